The van der Waals surface area contributed by atoms with Crippen molar-refractivity contribution in [1.82, 2.24) is 9.80 Å². The number of fused-ring (bicyclic) bond motifs is 2. The number of likely N-dealkylation sites (tertiary alicyclic amines) is 1. The van der Waals surface area contributed by atoms with Crippen LogP contribution in [0.15, 0.2) is 0 Å². The fourth-order valence-corrected chi connectivity index (χ4v) is 4.54. The molecule has 3 atom stereocenters. The van der Waals surface area contributed by atoms with E-state index in [-0.39, 0.29) is 30.5 Å². The summed E-state index contributed by atoms with van der Waals surface area (Å²) in [5.41, 5.74) is 0. The van der Waals surface area contributed by atoms with Crippen molar-refractivity contribution < 1.29 is 14.7 Å². The lowest BCUT2D eigenvalue weighted by Crippen LogP contribution is -2.54. The van der Waals surface area contributed by atoms with Gasteiger partial charge in [0, 0.05) is 31.6 Å². The highest BCUT2D eigenvalue weighted by molar-refractivity contribution is 5.76. The molecule has 0 radical (unpaired) electrons. The second-order valence-corrected chi connectivity index (χ2v) is 7.20. The number of amides is 2. The molecule has 3 rings (SSSR count). The predicted octanol–water partition coefficient (Wildman–Crippen LogP) is 2.56. The number of piperidine rings is 2. The van der Waals surface area contributed by atoms with Gasteiger partial charge in [-0.1, -0.05) is 6.92 Å². The van der Waals surface area contributed by atoms with E-state index in [4.69, 9.17) is 5.11 Å². The minimum atomic E-state index is -0.705. The maximum atomic E-state index is 12.8. The van der Waals surface area contributed by atoms with Gasteiger partial charge in [-0.3, -0.25) is 4.79 Å². The van der Waals surface area contributed by atoms with Crippen molar-refractivity contribution in [2.45, 2.75) is 64.0 Å². The SMILES string of the molecule is CC1CCCN(C(=O)N2C3CCC2CC(CC(=O)O)C3)C1. The van der Waals surface area contributed by atoms with Crippen LogP contribution in [0.2, 0.25) is 0 Å². The van der Waals surface area contributed by atoms with Crippen LogP contribution in [0.1, 0.15) is 51.9 Å². The average Bonchev–Trinajstić information content (AvgIpc) is 2.69. The Morgan fingerprint density at radius 1 is 1.14 bits per heavy atom. The molecule has 0 saturated carbocycles. The van der Waals surface area contributed by atoms with Crippen molar-refractivity contribution in [2.75, 3.05) is 13.1 Å². The van der Waals surface area contributed by atoms with E-state index < -0.39 is 5.97 Å². The number of carbonyl (C=O) groups is 2. The highest BCUT2D eigenvalue weighted by Gasteiger charge is 2.45. The zero-order valence-electron chi connectivity index (χ0n) is 12.8. The molecule has 3 aliphatic heterocycles. The van der Waals surface area contributed by atoms with Crippen LogP contribution >= 0.6 is 0 Å². The largest absolute Gasteiger partial charge is 0.481 e. The molecule has 5 nitrogen and oxygen atoms in total. The second kappa shape index (κ2) is 5.85. The van der Waals surface area contributed by atoms with Gasteiger partial charge < -0.3 is 14.9 Å². The van der Waals surface area contributed by atoms with Crippen molar-refractivity contribution in [3.05, 3.63) is 0 Å². The summed E-state index contributed by atoms with van der Waals surface area (Å²) in [7, 11) is 0. The summed E-state index contributed by atoms with van der Waals surface area (Å²) < 4.78 is 0. The van der Waals surface area contributed by atoms with Crippen LogP contribution in [0, 0.1) is 11.8 Å². The molecule has 118 valence electrons. The summed E-state index contributed by atoms with van der Waals surface area (Å²) in [5, 5.41) is 8.98. The van der Waals surface area contributed by atoms with Crippen LogP contribution in [0.4, 0.5) is 4.79 Å². The molecule has 3 saturated heterocycles. The lowest BCUT2D eigenvalue weighted by Gasteiger charge is -2.43. The molecule has 3 heterocycles. The van der Waals surface area contributed by atoms with Gasteiger partial charge >= 0.3 is 12.0 Å². The Kier molecular flexibility index (Phi) is 4.09. The van der Waals surface area contributed by atoms with E-state index in [1.807, 2.05) is 4.90 Å². The second-order valence-electron chi connectivity index (χ2n) is 7.20. The zero-order chi connectivity index (χ0) is 15.0. The molecule has 21 heavy (non-hydrogen) atoms. The van der Waals surface area contributed by atoms with Crippen LogP contribution in [0.25, 0.3) is 0 Å². The highest BCUT2D eigenvalue weighted by Crippen LogP contribution is 2.40. The Bertz CT molecular complexity index is 412. The van der Waals surface area contributed by atoms with E-state index in [0.717, 1.165) is 45.2 Å². The van der Waals surface area contributed by atoms with Crippen LogP contribution in [-0.2, 0) is 4.79 Å². The predicted molar refractivity (Wildman–Crippen MR) is 79.0 cm³/mol. The third-order valence-corrected chi connectivity index (χ3v) is 5.44. The van der Waals surface area contributed by atoms with Crippen LogP contribution in [0.3, 0.4) is 0 Å². The number of carboxylic acids is 1. The zero-order valence-corrected chi connectivity index (χ0v) is 12.8. The van der Waals surface area contributed by atoms with E-state index in [9.17, 15) is 9.59 Å². The topological polar surface area (TPSA) is 60.9 Å². The number of aliphatic carboxylic acids is 1. The summed E-state index contributed by atoms with van der Waals surface area (Å²) in [4.78, 5) is 27.9. The smallest absolute Gasteiger partial charge is 0.320 e. The Morgan fingerprint density at radius 2 is 1.81 bits per heavy atom. The van der Waals surface area contributed by atoms with Gasteiger partial charge in [0.05, 0.1) is 0 Å². The van der Waals surface area contributed by atoms with E-state index in [1.165, 1.54) is 6.42 Å². The maximum Gasteiger partial charge on any atom is 0.320 e. The number of nitrogens with zero attached hydrogens (tertiary/aromatic N) is 2. The number of urea groups is 1. The molecular formula is C16H26N2O3. The van der Waals surface area contributed by atoms with Crippen molar-refractivity contribution in [3.63, 3.8) is 0 Å². The Balaban J connectivity index is 1.64. The maximum absolute atomic E-state index is 12.8. The first kappa shape index (κ1) is 14.7. The summed E-state index contributed by atoms with van der Waals surface area (Å²) in [6.07, 6.45) is 6.44. The number of hydrogen-bond acceptors (Lipinski definition) is 2. The first-order chi connectivity index (χ1) is 10.0. The number of hydrogen-bond donors (Lipinski definition) is 1. The average molecular weight is 294 g/mol. The molecule has 0 aromatic heterocycles. The van der Waals surface area contributed by atoms with E-state index in [0.29, 0.717) is 5.92 Å². The Hall–Kier alpha value is -1.26. The standard InChI is InChI=1S/C16H26N2O3/c1-11-3-2-6-17(10-11)16(21)18-13-4-5-14(18)8-12(7-13)9-15(19)20/h11-14H,2-10H2,1H3,(H,19,20). The van der Waals surface area contributed by atoms with Crippen LogP contribution in [0.5, 0.6) is 0 Å². The van der Waals surface area contributed by atoms with Crippen molar-refractivity contribution in [3.8, 4) is 0 Å². The first-order valence-corrected chi connectivity index (χ1v) is 8.33. The van der Waals surface area contributed by atoms with E-state index >= 15 is 0 Å². The highest BCUT2D eigenvalue weighted by atomic mass is 16.4. The minimum Gasteiger partial charge on any atom is -0.481 e. The van der Waals surface area contributed by atoms with Gasteiger partial charge in [0.1, 0.15) is 0 Å². The van der Waals surface area contributed by atoms with Gasteiger partial charge in [-0.05, 0) is 50.4 Å². The number of rotatable bonds is 2. The molecule has 0 spiro atoms. The Morgan fingerprint density at radius 3 is 2.38 bits per heavy atom. The van der Waals surface area contributed by atoms with Gasteiger partial charge in [0.15, 0.2) is 0 Å². The Labute approximate surface area is 126 Å². The van der Waals surface area contributed by atoms with Gasteiger partial charge in [-0.25, -0.2) is 4.79 Å². The monoisotopic (exact) mass is 294 g/mol. The summed E-state index contributed by atoms with van der Waals surface area (Å²) >= 11 is 0. The van der Waals surface area contributed by atoms with E-state index in [1.54, 1.807) is 0 Å². The summed E-state index contributed by atoms with van der Waals surface area (Å²) in [6, 6.07) is 0.762. The van der Waals surface area contributed by atoms with Crippen molar-refractivity contribution in [2.24, 2.45) is 11.8 Å². The van der Waals surface area contributed by atoms with Crippen molar-refractivity contribution >= 4 is 12.0 Å². The van der Waals surface area contributed by atoms with E-state index in [2.05, 4.69) is 11.8 Å². The summed E-state index contributed by atoms with van der Waals surface area (Å²) in [6.45, 7) is 3.98. The van der Waals surface area contributed by atoms with Gasteiger partial charge in [-0.15, -0.1) is 0 Å². The third kappa shape index (κ3) is 3.01. The number of carbonyl (C=O) groups excluding carboxylic acids is 1. The fourth-order valence-electron chi connectivity index (χ4n) is 4.54. The molecule has 3 unspecified atom stereocenters. The van der Waals surface area contributed by atoms with Crippen LogP contribution in [-0.4, -0.2) is 52.1 Å². The summed E-state index contributed by atoms with van der Waals surface area (Å²) in [5.74, 6) is 0.151. The molecule has 2 bridgehead atoms. The molecule has 0 aromatic rings. The molecule has 5 heteroatoms. The fraction of sp³-hybridized carbons (Fsp3) is 0.875. The lowest BCUT2D eigenvalue weighted by atomic mass is 9.88. The molecule has 0 aliphatic carbocycles. The molecule has 3 fully saturated rings. The molecular weight excluding hydrogens is 268 g/mol. The first-order valence-electron chi connectivity index (χ1n) is 8.33. The van der Waals surface area contributed by atoms with Crippen molar-refractivity contribution in [1.29, 1.82) is 0 Å². The molecule has 3 aliphatic rings. The molecule has 2 amide bonds. The quantitative estimate of drug-likeness (QED) is 0.851. The third-order valence-electron chi connectivity index (χ3n) is 5.44. The normalized spacial score (nSPS) is 35.9. The molecule has 0 aromatic carbocycles. The van der Waals surface area contributed by atoms with Gasteiger partial charge in [0.2, 0.25) is 0 Å². The van der Waals surface area contributed by atoms with Gasteiger partial charge in [-0.2, -0.15) is 0 Å². The van der Waals surface area contributed by atoms with Gasteiger partial charge in [0.25, 0.3) is 0 Å². The molecule has 1 N–H and O–H groups in total. The lowest BCUT2D eigenvalue weighted by molar-refractivity contribution is -0.138. The number of carboxylic acid groups (broad SMARTS) is 1. The van der Waals surface area contributed by atoms with Crippen LogP contribution < -0.4 is 0 Å². The minimum absolute atomic E-state index is 0.211.